The standard InChI is InChI=1S/C28H16F6N2O3/c29-27(30,31)18-12-10-16(11-13-18)21-14-19(39-35-21)15-36-22-9-5-4-8-20(22)23(17-6-2-1-3-7-17)24(26(36)38)25(37)28(32,33)34/h1-14H,15H2. The predicted molar refractivity (Wildman–Crippen MR) is 130 cm³/mol. The molecule has 2 heterocycles. The van der Waals surface area contributed by atoms with Crippen LogP contribution in [0.1, 0.15) is 21.7 Å². The van der Waals surface area contributed by atoms with E-state index in [4.69, 9.17) is 4.52 Å². The summed E-state index contributed by atoms with van der Waals surface area (Å²) >= 11 is 0. The molecule has 5 nitrogen and oxygen atoms in total. The van der Waals surface area contributed by atoms with Crippen LogP contribution in [0.2, 0.25) is 0 Å². The second-order valence-electron chi connectivity index (χ2n) is 8.60. The molecule has 0 aliphatic carbocycles. The molecule has 0 fully saturated rings. The molecule has 0 saturated carbocycles. The van der Waals surface area contributed by atoms with Crippen LogP contribution in [-0.2, 0) is 12.7 Å². The van der Waals surface area contributed by atoms with E-state index in [1.54, 1.807) is 30.3 Å². The molecule has 3 aromatic carbocycles. The number of aromatic nitrogens is 2. The Morgan fingerprint density at radius 1 is 0.821 bits per heavy atom. The van der Waals surface area contributed by atoms with Crippen LogP contribution in [0.25, 0.3) is 33.3 Å². The molecule has 0 radical (unpaired) electrons. The first kappa shape index (κ1) is 26.0. The molecule has 0 N–H and O–H groups in total. The summed E-state index contributed by atoms with van der Waals surface area (Å²) in [5.74, 6) is -2.25. The zero-order chi connectivity index (χ0) is 27.9. The second-order valence-corrected chi connectivity index (χ2v) is 8.60. The number of carbonyl (C=O) groups excluding carboxylic acids is 1. The molecule has 0 unspecified atom stereocenters. The number of rotatable bonds is 5. The molecule has 0 aliphatic heterocycles. The zero-order valence-electron chi connectivity index (χ0n) is 19.7. The lowest BCUT2D eigenvalue weighted by molar-refractivity contribution is -0.137. The quantitative estimate of drug-likeness (QED) is 0.175. The average molecular weight is 542 g/mol. The second kappa shape index (κ2) is 9.57. The van der Waals surface area contributed by atoms with Gasteiger partial charge in [0, 0.05) is 22.6 Å². The maximum absolute atomic E-state index is 13.7. The first-order valence-corrected chi connectivity index (χ1v) is 11.4. The molecule has 198 valence electrons. The lowest BCUT2D eigenvalue weighted by atomic mass is 9.93. The van der Waals surface area contributed by atoms with Gasteiger partial charge in [0.1, 0.15) is 11.3 Å². The lowest BCUT2D eigenvalue weighted by Crippen LogP contribution is -2.34. The van der Waals surface area contributed by atoms with Crippen molar-refractivity contribution in [3.05, 3.63) is 112 Å². The third-order valence-electron chi connectivity index (χ3n) is 6.10. The Hall–Kier alpha value is -4.67. The summed E-state index contributed by atoms with van der Waals surface area (Å²) < 4.78 is 85.9. The SMILES string of the molecule is O=C(c1c(-c2ccccc2)c2ccccc2n(Cc2cc(-c3ccc(C(F)(F)F)cc3)no2)c1=O)C(F)(F)F. The number of halogens is 6. The first-order valence-electron chi connectivity index (χ1n) is 11.4. The number of alkyl halides is 6. The van der Waals surface area contributed by atoms with Crippen LogP contribution in [0.4, 0.5) is 26.3 Å². The van der Waals surface area contributed by atoms with E-state index >= 15 is 0 Å². The van der Waals surface area contributed by atoms with Gasteiger partial charge in [0.2, 0.25) is 0 Å². The van der Waals surface area contributed by atoms with E-state index in [2.05, 4.69) is 5.16 Å². The fourth-order valence-corrected chi connectivity index (χ4v) is 4.33. The summed E-state index contributed by atoms with van der Waals surface area (Å²) in [7, 11) is 0. The smallest absolute Gasteiger partial charge is 0.359 e. The minimum Gasteiger partial charge on any atom is -0.359 e. The van der Waals surface area contributed by atoms with E-state index in [1.807, 2.05) is 0 Å². The molecular formula is C28H16F6N2O3. The van der Waals surface area contributed by atoms with Gasteiger partial charge in [-0.05, 0) is 23.8 Å². The third kappa shape index (κ3) is 4.95. The Bertz CT molecular complexity index is 1730. The summed E-state index contributed by atoms with van der Waals surface area (Å²) in [4.78, 5) is 26.1. The number of carbonyl (C=O) groups is 1. The van der Waals surface area contributed by atoms with Gasteiger partial charge in [-0.3, -0.25) is 14.2 Å². The molecule has 0 bridgehead atoms. The van der Waals surface area contributed by atoms with Gasteiger partial charge in [0.15, 0.2) is 5.76 Å². The fourth-order valence-electron chi connectivity index (χ4n) is 4.33. The average Bonchev–Trinajstić information content (AvgIpc) is 3.38. The lowest BCUT2D eigenvalue weighted by Gasteiger charge is -2.18. The van der Waals surface area contributed by atoms with Gasteiger partial charge in [-0.15, -0.1) is 0 Å². The van der Waals surface area contributed by atoms with Crippen molar-refractivity contribution in [1.82, 2.24) is 9.72 Å². The van der Waals surface area contributed by atoms with Crippen molar-refractivity contribution in [2.24, 2.45) is 0 Å². The number of hydrogen-bond acceptors (Lipinski definition) is 4. The topological polar surface area (TPSA) is 65.1 Å². The molecular weight excluding hydrogens is 526 g/mol. The molecule has 5 aromatic rings. The summed E-state index contributed by atoms with van der Waals surface area (Å²) in [5, 5.41) is 4.06. The predicted octanol–water partition coefficient (Wildman–Crippen LogP) is 7.14. The van der Waals surface area contributed by atoms with Crippen molar-refractivity contribution >= 4 is 16.7 Å². The van der Waals surface area contributed by atoms with Crippen molar-refractivity contribution in [3.63, 3.8) is 0 Å². The van der Waals surface area contributed by atoms with E-state index in [0.717, 1.165) is 16.7 Å². The highest BCUT2D eigenvalue weighted by Gasteiger charge is 2.43. The van der Waals surface area contributed by atoms with E-state index in [9.17, 15) is 35.9 Å². The minimum absolute atomic E-state index is 0.0371. The number of pyridine rings is 1. The summed E-state index contributed by atoms with van der Waals surface area (Å²) in [6.07, 6.45) is -9.84. The Balaban J connectivity index is 1.65. The fraction of sp³-hybridized carbons (Fsp3) is 0.107. The van der Waals surface area contributed by atoms with Gasteiger partial charge in [0.05, 0.1) is 17.6 Å². The number of nitrogens with zero attached hydrogens (tertiary/aromatic N) is 2. The Labute approximate surface area is 215 Å². The van der Waals surface area contributed by atoms with Gasteiger partial charge in [0.25, 0.3) is 11.3 Å². The molecule has 0 saturated heterocycles. The number of para-hydroxylation sites is 1. The van der Waals surface area contributed by atoms with Crippen LogP contribution in [0.5, 0.6) is 0 Å². The molecule has 0 spiro atoms. The summed E-state index contributed by atoms with van der Waals surface area (Å²) in [6.45, 7) is -0.389. The van der Waals surface area contributed by atoms with E-state index in [1.165, 1.54) is 42.5 Å². The molecule has 2 aromatic heterocycles. The van der Waals surface area contributed by atoms with Crippen LogP contribution < -0.4 is 5.56 Å². The molecule has 11 heteroatoms. The van der Waals surface area contributed by atoms with Crippen molar-refractivity contribution in [1.29, 1.82) is 0 Å². The number of fused-ring (bicyclic) bond motifs is 1. The van der Waals surface area contributed by atoms with E-state index in [0.29, 0.717) is 5.56 Å². The Morgan fingerprint density at radius 3 is 2.10 bits per heavy atom. The molecule has 0 aliphatic rings. The normalized spacial score (nSPS) is 12.2. The van der Waals surface area contributed by atoms with Crippen molar-refractivity contribution < 1.29 is 35.7 Å². The number of hydrogen-bond donors (Lipinski definition) is 0. The number of Topliss-reactive ketones (excluding diaryl/α,β-unsaturated/α-hetero) is 1. The first-order chi connectivity index (χ1) is 18.4. The Kier molecular flexibility index (Phi) is 6.37. The molecule has 39 heavy (non-hydrogen) atoms. The number of benzene rings is 3. The van der Waals surface area contributed by atoms with Gasteiger partial charge in [-0.1, -0.05) is 65.8 Å². The maximum atomic E-state index is 13.7. The van der Waals surface area contributed by atoms with Crippen LogP contribution >= 0.6 is 0 Å². The van der Waals surface area contributed by atoms with Gasteiger partial charge in [-0.2, -0.15) is 26.3 Å². The van der Waals surface area contributed by atoms with Crippen LogP contribution in [0.15, 0.2) is 94.2 Å². The molecule has 0 atom stereocenters. The minimum atomic E-state index is -5.31. The summed E-state index contributed by atoms with van der Waals surface area (Å²) in [6, 6.07) is 19.5. The highest BCUT2D eigenvalue weighted by atomic mass is 19.4. The highest BCUT2D eigenvalue weighted by Crippen LogP contribution is 2.34. The third-order valence-corrected chi connectivity index (χ3v) is 6.10. The van der Waals surface area contributed by atoms with Crippen LogP contribution in [0.3, 0.4) is 0 Å². The number of ketones is 1. The highest BCUT2D eigenvalue weighted by molar-refractivity contribution is 6.11. The van der Waals surface area contributed by atoms with Gasteiger partial charge in [-0.25, -0.2) is 0 Å². The van der Waals surface area contributed by atoms with Crippen molar-refractivity contribution in [2.75, 3.05) is 0 Å². The summed E-state index contributed by atoms with van der Waals surface area (Å²) in [5.41, 5.74) is -2.25. The van der Waals surface area contributed by atoms with Crippen molar-refractivity contribution in [3.8, 4) is 22.4 Å². The van der Waals surface area contributed by atoms with Gasteiger partial charge < -0.3 is 4.52 Å². The van der Waals surface area contributed by atoms with Crippen LogP contribution in [0, 0.1) is 0 Å². The van der Waals surface area contributed by atoms with E-state index < -0.39 is 34.8 Å². The maximum Gasteiger partial charge on any atom is 0.455 e. The van der Waals surface area contributed by atoms with Crippen molar-refractivity contribution in [2.45, 2.75) is 18.9 Å². The van der Waals surface area contributed by atoms with Gasteiger partial charge >= 0.3 is 12.4 Å². The van der Waals surface area contributed by atoms with Crippen LogP contribution in [-0.4, -0.2) is 21.7 Å². The Morgan fingerprint density at radius 2 is 1.46 bits per heavy atom. The molecule has 5 rings (SSSR count). The largest absolute Gasteiger partial charge is 0.455 e. The monoisotopic (exact) mass is 542 g/mol. The van der Waals surface area contributed by atoms with E-state index in [-0.39, 0.29) is 40.0 Å². The molecule has 0 amide bonds. The zero-order valence-corrected chi connectivity index (χ0v) is 19.7.